The molecule has 2 heteroatoms. The zero-order valence-corrected chi connectivity index (χ0v) is 7.58. The predicted octanol–water partition coefficient (Wildman–Crippen LogP) is 2.35. The average molecular weight is 167 g/mol. The Hall–Kier alpha value is -0.340. The first kappa shape index (κ1) is 7.32. The van der Waals surface area contributed by atoms with Crippen LogP contribution in [0.4, 0.5) is 0 Å². The Morgan fingerprint density at radius 2 is 2.36 bits per heavy atom. The van der Waals surface area contributed by atoms with E-state index in [2.05, 4.69) is 29.9 Å². The van der Waals surface area contributed by atoms with Crippen molar-refractivity contribution in [1.29, 1.82) is 0 Å². The fourth-order valence-electron chi connectivity index (χ4n) is 1.70. The second-order valence-electron chi connectivity index (χ2n) is 3.16. The molecule has 0 radical (unpaired) electrons. The second-order valence-corrected chi connectivity index (χ2v) is 4.11. The van der Waals surface area contributed by atoms with Crippen molar-refractivity contribution in [3.8, 4) is 0 Å². The van der Waals surface area contributed by atoms with Crippen LogP contribution < -0.4 is 5.32 Å². The normalized spacial score (nSPS) is 21.2. The van der Waals surface area contributed by atoms with E-state index < -0.39 is 0 Å². The highest BCUT2D eigenvalue weighted by molar-refractivity contribution is 7.10. The van der Waals surface area contributed by atoms with E-state index >= 15 is 0 Å². The summed E-state index contributed by atoms with van der Waals surface area (Å²) in [6.45, 7) is 0. The van der Waals surface area contributed by atoms with Gasteiger partial charge in [-0.05, 0) is 37.8 Å². The van der Waals surface area contributed by atoms with Crippen molar-refractivity contribution in [3.63, 3.8) is 0 Å². The second kappa shape index (κ2) is 2.61. The van der Waals surface area contributed by atoms with Gasteiger partial charge in [-0.2, -0.15) is 0 Å². The molecule has 1 aromatic heterocycles. The summed E-state index contributed by atoms with van der Waals surface area (Å²) in [5, 5.41) is 5.59. The van der Waals surface area contributed by atoms with E-state index in [0.717, 1.165) is 0 Å². The molecule has 11 heavy (non-hydrogen) atoms. The molecule has 0 amide bonds. The summed E-state index contributed by atoms with van der Waals surface area (Å²) in [6.07, 6.45) is 3.99. The van der Waals surface area contributed by atoms with E-state index in [1.807, 2.05) is 11.3 Å². The number of rotatable bonds is 2. The van der Waals surface area contributed by atoms with Crippen LogP contribution in [0.15, 0.2) is 17.5 Å². The van der Waals surface area contributed by atoms with E-state index in [9.17, 15) is 0 Å². The highest BCUT2D eigenvalue weighted by atomic mass is 32.1. The van der Waals surface area contributed by atoms with E-state index in [1.54, 1.807) is 0 Å². The van der Waals surface area contributed by atoms with Gasteiger partial charge in [0.2, 0.25) is 0 Å². The first-order chi connectivity index (χ1) is 5.37. The lowest BCUT2D eigenvalue weighted by Gasteiger charge is -2.41. The third kappa shape index (κ3) is 1.01. The maximum atomic E-state index is 3.43. The lowest BCUT2D eigenvalue weighted by Crippen LogP contribution is -2.45. The van der Waals surface area contributed by atoms with Gasteiger partial charge in [0.15, 0.2) is 0 Å². The third-order valence-electron chi connectivity index (χ3n) is 2.68. The summed E-state index contributed by atoms with van der Waals surface area (Å²) in [6, 6.07) is 4.37. The van der Waals surface area contributed by atoms with Crippen LogP contribution in [-0.2, 0) is 5.54 Å². The highest BCUT2D eigenvalue weighted by Crippen LogP contribution is 2.42. The van der Waals surface area contributed by atoms with Gasteiger partial charge in [0, 0.05) is 4.88 Å². The minimum atomic E-state index is 0.355. The monoisotopic (exact) mass is 167 g/mol. The van der Waals surface area contributed by atoms with E-state index in [0.29, 0.717) is 5.54 Å². The SMILES string of the molecule is CNC1(c2cccs2)CCC1. The molecule has 0 bridgehead atoms. The lowest BCUT2D eigenvalue weighted by atomic mass is 9.76. The fourth-order valence-corrected chi connectivity index (χ4v) is 2.69. The summed E-state index contributed by atoms with van der Waals surface area (Å²) in [4.78, 5) is 1.51. The highest BCUT2D eigenvalue weighted by Gasteiger charge is 2.37. The number of thiophene rings is 1. The molecule has 1 aromatic rings. The van der Waals surface area contributed by atoms with Crippen molar-refractivity contribution < 1.29 is 0 Å². The molecule has 1 aliphatic rings. The molecule has 0 spiro atoms. The fraction of sp³-hybridized carbons (Fsp3) is 0.556. The minimum Gasteiger partial charge on any atom is -0.310 e. The number of hydrogen-bond acceptors (Lipinski definition) is 2. The molecule has 2 rings (SSSR count). The van der Waals surface area contributed by atoms with Crippen LogP contribution in [0.5, 0.6) is 0 Å². The summed E-state index contributed by atoms with van der Waals surface area (Å²) in [5.41, 5.74) is 0.355. The summed E-state index contributed by atoms with van der Waals surface area (Å²) >= 11 is 1.87. The molecule has 0 aliphatic heterocycles. The van der Waals surface area contributed by atoms with Gasteiger partial charge in [-0.3, -0.25) is 0 Å². The standard InChI is InChI=1S/C9H13NS/c1-10-9(5-3-6-9)8-4-2-7-11-8/h2,4,7,10H,3,5-6H2,1H3. The van der Waals surface area contributed by atoms with Crippen LogP contribution in [0.3, 0.4) is 0 Å². The zero-order chi connectivity index (χ0) is 7.73. The topological polar surface area (TPSA) is 12.0 Å². The van der Waals surface area contributed by atoms with Gasteiger partial charge in [-0.1, -0.05) is 6.07 Å². The maximum absolute atomic E-state index is 3.43. The molecule has 0 saturated heterocycles. The van der Waals surface area contributed by atoms with Crippen LogP contribution in [0.2, 0.25) is 0 Å². The molecule has 1 aliphatic carbocycles. The van der Waals surface area contributed by atoms with Gasteiger partial charge in [0.05, 0.1) is 5.54 Å². The van der Waals surface area contributed by atoms with Crippen molar-refractivity contribution in [1.82, 2.24) is 5.32 Å². The van der Waals surface area contributed by atoms with Gasteiger partial charge in [0.25, 0.3) is 0 Å². The Balaban J connectivity index is 2.25. The molecular formula is C9H13NS. The van der Waals surface area contributed by atoms with Gasteiger partial charge in [-0.25, -0.2) is 0 Å². The van der Waals surface area contributed by atoms with Crippen molar-refractivity contribution in [2.45, 2.75) is 24.8 Å². The molecule has 60 valence electrons. The molecule has 1 N–H and O–H groups in total. The van der Waals surface area contributed by atoms with Crippen LogP contribution in [0.1, 0.15) is 24.1 Å². The molecule has 1 saturated carbocycles. The zero-order valence-electron chi connectivity index (χ0n) is 6.76. The molecule has 0 atom stereocenters. The van der Waals surface area contributed by atoms with Gasteiger partial charge < -0.3 is 5.32 Å². The van der Waals surface area contributed by atoms with Crippen LogP contribution in [0, 0.1) is 0 Å². The summed E-state index contributed by atoms with van der Waals surface area (Å²) < 4.78 is 0. The molecule has 1 heterocycles. The quantitative estimate of drug-likeness (QED) is 0.713. The summed E-state index contributed by atoms with van der Waals surface area (Å²) in [5.74, 6) is 0. The average Bonchev–Trinajstić information content (AvgIpc) is 2.39. The minimum absolute atomic E-state index is 0.355. The van der Waals surface area contributed by atoms with Crippen molar-refractivity contribution in [3.05, 3.63) is 22.4 Å². The number of nitrogens with one attached hydrogen (secondary N) is 1. The Bertz CT molecular complexity index is 218. The van der Waals surface area contributed by atoms with Crippen molar-refractivity contribution >= 4 is 11.3 Å². The van der Waals surface area contributed by atoms with Crippen molar-refractivity contribution in [2.24, 2.45) is 0 Å². The van der Waals surface area contributed by atoms with Crippen LogP contribution in [-0.4, -0.2) is 7.05 Å². The molecule has 0 unspecified atom stereocenters. The van der Waals surface area contributed by atoms with Gasteiger partial charge in [0.1, 0.15) is 0 Å². The van der Waals surface area contributed by atoms with Crippen LogP contribution in [0.25, 0.3) is 0 Å². The van der Waals surface area contributed by atoms with Crippen LogP contribution >= 0.6 is 11.3 Å². The van der Waals surface area contributed by atoms with Crippen molar-refractivity contribution in [2.75, 3.05) is 7.05 Å². The number of hydrogen-bond donors (Lipinski definition) is 1. The molecule has 1 nitrogen and oxygen atoms in total. The van der Waals surface area contributed by atoms with E-state index in [1.165, 1.54) is 24.1 Å². The van der Waals surface area contributed by atoms with E-state index in [-0.39, 0.29) is 0 Å². The Morgan fingerprint density at radius 3 is 2.73 bits per heavy atom. The Kier molecular flexibility index (Phi) is 1.74. The lowest BCUT2D eigenvalue weighted by molar-refractivity contribution is 0.206. The predicted molar refractivity (Wildman–Crippen MR) is 48.9 cm³/mol. The molecular weight excluding hydrogens is 154 g/mol. The smallest absolute Gasteiger partial charge is 0.0526 e. The van der Waals surface area contributed by atoms with Gasteiger partial charge in [-0.15, -0.1) is 11.3 Å². The first-order valence-corrected chi connectivity index (χ1v) is 4.98. The van der Waals surface area contributed by atoms with E-state index in [4.69, 9.17) is 0 Å². The third-order valence-corrected chi connectivity index (χ3v) is 3.75. The Labute approximate surface area is 71.4 Å². The van der Waals surface area contributed by atoms with Gasteiger partial charge >= 0.3 is 0 Å². The Morgan fingerprint density at radius 1 is 1.55 bits per heavy atom. The molecule has 0 aromatic carbocycles. The largest absolute Gasteiger partial charge is 0.310 e. The molecule has 1 fully saturated rings. The summed E-state index contributed by atoms with van der Waals surface area (Å²) in [7, 11) is 2.07. The maximum Gasteiger partial charge on any atom is 0.0526 e. The first-order valence-electron chi connectivity index (χ1n) is 4.10.